The molecule has 0 spiro atoms. The Morgan fingerprint density at radius 1 is 1.19 bits per heavy atom. The van der Waals surface area contributed by atoms with Crippen LogP contribution in [0, 0.1) is 5.92 Å². The van der Waals surface area contributed by atoms with E-state index in [1.807, 2.05) is 0 Å². The monoisotopic (exact) mass is 217 g/mol. The average Bonchev–Trinajstić information content (AvgIpc) is 3.03. The molecule has 0 amide bonds. The summed E-state index contributed by atoms with van der Waals surface area (Å²) in [7, 11) is 0. The van der Waals surface area contributed by atoms with Crippen molar-refractivity contribution in [1.82, 2.24) is 0 Å². The van der Waals surface area contributed by atoms with Crippen LogP contribution in [0.15, 0.2) is 24.3 Å². The molecule has 1 heteroatoms. The van der Waals surface area contributed by atoms with E-state index in [1.165, 1.54) is 24.0 Å². The second-order valence-electron chi connectivity index (χ2n) is 6.05. The van der Waals surface area contributed by atoms with Crippen LogP contribution in [-0.4, -0.2) is 6.54 Å². The fourth-order valence-corrected chi connectivity index (χ4v) is 2.33. The second-order valence-corrected chi connectivity index (χ2v) is 6.05. The predicted molar refractivity (Wildman–Crippen MR) is 69.7 cm³/mol. The Balaban J connectivity index is 2.18. The van der Waals surface area contributed by atoms with E-state index in [0.29, 0.717) is 5.92 Å². The van der Waals surface area contributed by atoms with Crippen molar-refractivity contribution in [3.05, 3.63) is 35.4 Å². The zero-order valence-electron chi connectivity index (χ0n) is 10.7. The van der Waals surface area contributed by atoms with Crippen LogP contribution in [-0.2, 0) is 5.41 Å². The molecular formula is C15H23N. The maximum atomic E-state index is 5.87. The molecule has 1 atom stereocenters. The molecule has 2 N–H and O–H groups in total. The molecule has 88 valence electrons. The first-order valence-electron chi connectivity index (χ1n) is 6.33. The first-order valence-corrected chi connectivity index (χ1v) is 6.33. The van der Waals surface area contributed by atoms with Gasteiger partial charge in [0.1, 0.15) is 0 Å². The van der Waals surface area contributed by atoms with Gasteiger partial charge in [-0.25, -0.2) is 0 Å². The summed E-state index contributed by atoms with van der Waals surface area (Å²) in [5, 5.41) is 0. The van der Waals surface area contributed by atoms with Gasteiger partial charge in [0.2, 0.25) is 0 Å². The van der Waals surface area contributed by atoms with Crippen LogP contribution >= 0.6 is 0 Å². The normalized spacial score (nSPS) is 18.5. The average molecular weight is 217 g/mol. The highest BCUT2D eigenvalue weighted by Crippen LogP contribution is 2.42. The Morgan fingerprint density at radius 2 is 1.75 bits per heavy atom. The molecule has 1 aliphatic rings. The Hall–Kier alpha value is -0.820. The van der Waals surface area contributed by atoms with Gasteiger partial charge in [0.15, 0.2) is 0 Å². The Bertz CT molecular complexity index is 341. The van der Waals surface area contributed by atoms with E-state index in [-0.39, 0.29) is 5.41 Å². The van der Waals surface area contributed by atoms with E-state index in [1.54, 1.807) is 0 Å². The molecule has 1 saturated carbocycles. The van der Waals surface area contributed by atoms with Crippen molar-refractivity contribution in [2.45, 2.75) is 44.9 Å². The Morgan fingerprint density at radius 3 is 2.12 bits per heavy atom. The van der Waals surface area contributed by atoms with Crippen molar-refractivity contribution in [1.29, 1.82) is 0 Å². The fraction of sp³-hybridized carbons (Fsp3) is 0.600. The molecule has 0 bridgehead atoms. The van der Waals surface area contributed by atoms with E-state index in [4.69, 9.17) is 5.73 Å². The zero-order valence-corrected chi connectivity index (χ0v) is 10.7. The molecule has 1 nitrogen and oxygen atoms in total. The zero-order chi connectivity index (χ0) is 11.8. The molecule has 0 saturated heterocycles. The lowest BCUT2D eigenvalue weighted by Gasteiger charge is -2.21. The standard InChI is InChI=1S/C15H23N/c1-15(2,3)13-8-6-12(7-9-13)14(10-16)11-4-5-11/h6-9,11,14H,4-5,10,16H2,1-3H3. The minimum Gasteiger partial charge on any atom is -0.330 e. The molecule has 0 heterocycles. The molecule has 1 fully saturated rings. The number of hydrogen-bond acceptors (Lipinski definition) is 1. The van der Waals surface area contributed by atoms with Gasteiger partial charge in [-0.2, -0.15) is 0 Å². The summed E-state index contributed by atoms with van der Waals surface area (Å²) in [6.45, 7) is 7.55. The highest BCUT2D eigenvalue weighted by atomic mass is 14.6. The van der Waals surface area contributed by atoms with Gasteiger partial charge in [-0.05, 0) is 47.8 Å². The van der Waals surface area contributed by atoms with Gasteiger partial charge in [-0.3, -0.25) is 0 Å². The molecule has 0 aliphatic heterocycles. The molecular weight excluding hydrogens is 194 g/mol. The number of nitrogens with two attached hydrogens (primary N) is 1. The summed E-state index contributed by atoms with van der Waals surface area (Å²) in [4.78, 5) is 0. The summed E-state index contributed by atoms with van der Waals surface area (Å²) in [6, 6.07) is 9.08. The highest BCUT2D eigenvalue weighted by molar-refractivity contribution is 5.30. The van der Waals surface area contributed by atoms with Crippen LogP contribution in [0.5, 0.6) is 0 Å². The van der Waals surface area contributed by atoms with Gasteiger partial charge in [0, 0.05) is 0 Å². The van der Waals surface area contributed by atoms with Gasteiger partial charge in [0.25, 0.3) is 0 Å². The van der Waals surface area contributed by atoms with Gasteiger partial charge in [-0.1, -0.05) is 45.0 Å². The summed E-state index contributed by atoms with van der Waals surface area (Å²) in [5.74, 6) is 1.44. The maximum absolute atomic E-state index is 5.87. The molecule has 1 aromatic rings. The minimum absolute atomic E-state index is 0.246. The van der Waals surface area contributed by atoms with Crippen molar-refractivity contribution >= 4 is 0 Å². The third-order valence-electron chi connectivity index (χ3n) is 3.65. The molecule has 1 aromatic carbocycles. The minimum atomic E-state index is 0.246. The summed E-state index contributed by atoms with van der Waals surface area (Å²) < 4.78 is 0. The van der Waals surface area contributed by atoms with Gasteiger partial charge < -0.3 is 5.73 Å². The van der Waals surface area contributed by atoms with Gasteiger partial charge >= 0.3 is 0 Å². The topological polar surface area (TPSA) is 26.0 Å². The summed E-state index contributed by atoms with van der Waals surface area (Å²) in [5.41, 5.74) is 8.95. The SMILES string of the molecule is CC(C)(C)c1ccc(C(CN)C2CC2)cc1. The van der Waals surface area contributed by atoms with Crippen LogP contribution in [0.3, 0.4) is 0 Å². The Labute approximate surface area is 99.0 Å². The van der Waals surface area contributed by atoms with E-state index >= 15 is 0 Å². The lowest BCUT2D eigenvalue weighted by atomic mass is 9.85. The van der Waals surface area contributed by atoms with Crippen molar-refractivity contribution in [2.24, 2.45) is 11.7 Å². The van der Waals surface area contributed by atoms with Crippen LogP contribution in [0.25, 0.3) is 0 Å². The molecule has 2 rings (SSSR count). The first-order chi connectivity index (χ1) is 7.52. The largest absolute Gasteiger partial charge is 0.330 e. The van der Waals surface area contributed by atoms with Crippen molar-refractivity contribution < 1.29 is 0 Å². The lowest BCUT2D eigenvalue weighted by Crippen LogP contribution is -2.15. The van der Waals surface area contributed by atoms with E-state index in [0.717, 1.165) is 12.5 Å². The van der Waals surface area contributed by atoms with Crippen molar-refractivity contribution in [3.8, 4) is 0 Å². The highest BCUT2D eigenvalue weighted by Gasteiger charge is 2.31. The number of hydrogen-bond donors (Lipinski definition) is 1. The van der Waals surface area contributed by atoms with E-state index < -0.39 is 0 Å². The van der Waals surface area contributed by atoms with Gasteiger partial charge in [0.05, 0.1) is 0 Å². The fourth-order valence-electron chi connectivity index (χ4n) is 2.33. The first kappa shape index (κ1) is 11.7. The third-order valence-corrected chi connectivity index (χ3v) is 3.65. The van der Waals surface area contributed by atoms with Crippen LogP contribution in [0.1, 0.15) is 50.7 Å². The molecule has 0 radical (unpaired) electrons. The van der Waals surface area contributed by atoms with Crippen LogP contribution in [0.2, 0.25) is 0 Å². The molecule has 1 unspecified atom stereocenters. The molecule has 0 aromatic heterocycles. The summed E-state index contributed by atoms with van der Waals surface area (Å²) >= 11 is 0. The molecule has 16 heavy (non-hydrogen) atoms. The van der Waals surface area contributed by atoms with E-state index in [2.05, 4.69) is 45.0 Å². The third kappa shape index (κ3) is 2.46. The Kier molecular flexibility index (Phi) is 3.07. The number of benzene rings is 1. The number of rotatable bonds is 3. The predicted octanol–water partition coefficient (Wildman–Crippen LogP) is 3.44. The van der Waals surface area contributed by atoms with E-state index in [9.17, 15) is 0 Å². The van der Waals surface area contributed by atoms with Crippen molar-refractivity contribution in [2.75, 3.05) is 6.54 Å². The maximum Gasteiger partial charge on any atom is -0.000556 e. The summed E-state index contributed by atoms with van der Waals surface area (Å²) in [6.07, 6.45) is 2.73. The quantitative estimate of drug-likeness (QED) is 0.824. The van der Waals surface area contributed by atoms with Crippen molar-refractivity contribution in [3.63, 3.8) is 0 Å². The van der Waals surface area contributed by atoms with Crippen LogP contribution in [0.4, 0.5) is 0 Å². The molecule has 1 aliphatic carbocycles. The lowest BCUT2D eigenvalue weighted by molar-refractivity contribution is 0.586. The van der Waals surface area contributed by atoms with Crippen LogP contribution < -0.4 is 5.73 Å². The smallest absolute Gasteiger partial charge is 0.000556 e. The second kappa shape index (κ2) is 4.21. The van der Waals surface area contributed by atoms with Gasteiger partial charge in [-0.15, -0.1) is 0 Å².